The van der Waals surface area contributed by atoms with Gasteiger partial charge in [-0.2, -0.15) is 0 Å². The highest BCUT2D eigenvalue weighted by Crippen LogP contribution is 2.34. The van der Waals surface area contributed by atoms with Crippen LogP contribution in [0.3, 0.4) is 0 Å². The van der Waals surface area contributed by atoms with Crippen molar-refractivity contribution in [3.05, 3.63) is 65.9 Å². The summed E-state index contributed by atoms with van der Waals surface area (Å²) in [4.78, 5) is 13.5. The molecule has 4 aromatic rings. The molecule has 4 rings (SSSR count). The summed E-state index contributed by atoms with van der Waals surface area (Å²) in [5.41, 5.74) is 0.820. The van der Waals surface area contributed by atoms with Crippen LogP contribution in [0.1, 0.15) is 18.7 Å². The second-order valence-electron chi connectivity index (χ2n) is 6.38. The Hall–Kier alpha value is -3.04. The Morgan fingerprint density at radius 2 is 2.10 bits per heavy atom. The van der Waals surface area contributed by atoms with Crippen molar-refractivity contribution in [1.82, 2.24) is 20.1 Å². The molecule has 1 atom stereocenters. The zero-order valence-electron chi connectivity index (χ0n) is 16.4. The Balaban J connectivity index is 1.58. The minimum atomic E-state index is -0.207. The molecule has 0 saturated carbocycles. The van der Waals surface area contributed by atoms with Gasteiger partial charge in [-0.15, -0.1) is 21.5 Å². The van der Waals surface area contributed by atoms with Gasteiger partial charge in [-0.1, -0.05) is 30.0 Å². The number of aromatic nitrogens is 3. The van der Waals surface area contributed by atoms with E-state index in [0.29, 0.717) is 22.5 Å². The van der Waals surface area contributed by atoms with Gasteiger partial charge in [0.1, 0.15) is 11.5 Å². The Labute approximate surface area is 182 Å². The lowest BCUT2D eigenvalue weighted by Crippen LogP contribution is -2.28. The second-order valence-corrected chi connectivity index (χ2v) is 8.27. The summed E-state index contributed by atoms with van der Waals surface area (Å²) in [5, 5.41) is 14.3. The summed E-state index contributed by atoms with van der Waals surface area (Å²) in [7, 11) is 1.63. The Morgan fingerprint density at radius 3 is 2.83 bits per heavy atom. The van der Waals surface area contributed by atoms with Crippen LogP contribution >= 0.6 is 23.1 Å². The van der Waals surface area contributed by atoms with Crippen LogP contribution in [0, 0.1) is 0 Å². The minimum absolute atomic E-state index is 0.115. The average Bonchev–Trinajstić information content (AvgIpc) is 3.53. The number of carbonyl (C=O) groups is 1. The first-order valence-electron chi connectivity index (χ1n) is 9.25. The highest BCUT2D eigenvalue weighted by Gasteiger charge is 2.21. The molecule has 1 N–H and O–H groups in total. The van der Waals surface area contributed by atoms with Gasteiger partial charge in [-0.05, 0) is 42.6 Å². The quantitative estimate of drug-likeness (QED) is 0.404. The average molecular weight is 441 g/mol. The van der Waals surface area contributed by atoms with Crippen LogP contribution in [-0.4, -0.2) is 33.5 Å². The molecule has 0 aliphatic carbocycles. The molecular formula is C21H20N4O3S2. The number of benzene rings is 1. The number of amides is 1. The number of nitrogens with zero attached hydrogens (tertiary/aromatic N) is 3. The van der Waals surface area contributed by atoms with Gasteiger partial charge in [-0.3, -0.25) is 9.36 Å². The first kappa shape index (κ1) is 20.2. The van der Waals surface area contributed by atoms with Crippen molar-refractivity contribution in [2.45, 2.75) is 18.1 Å². The van der Waals surface area contributed by atoms with Crippen molar-refractivity contribution in [2.75, 3.05) is 12.9 Å². The van der Waals surface area contributed by atoms with Gasteiger partial charge < -0.3 is 14.5 Å². The molecule has 1 aromatic carbocycles. The molecule has 0 aliphatic rings. The van der Waals surface area contributed by atoms with E-state index in [0.717, 1.165) is 10.6 Å². The van der Waals surface area contributed by atoms with Gasteiger partial charge in [-0.25, -0.2) is 0 Å². The van der Waals surface area contributed by atoms with Crippen molar-refractivity contribution in [3.63, 3.8) is 0 Å². The number of para-hydroxylation sites is 2. The van der Waals surface area contributed by atoms with Crippen molar-refractivity contribution >= 4 is 29.0 Å². The fourth-order valence-corrected chi connectivity index (χ4v) is 4.44. The molecule has 1 unspecified atom stereocenters. The normalized spacial score (nSPS) is 11.9. The third kappa shape index (κ3) is 4.27. The molecule has 3 heterocycles. The first-order valence-corrected chi connectivity index (χ1v) is 11.1. The fourth-order valence-electron chi connectivity index (χ4n) is 2.98. The monoisotopic (exact) mass is 440 g/mol. The number of methoxy groups -OCH3 is 1. The van der Waals surface area contributed by atoms with Crippen LogP contribution in [0.25, 0.3) is 16.4 Å². The molecule has 0 spiro atoms. The van der Waals surface area contributed by atoms with E-state index in [4.69, 9.17) is 9.15 Å². The van der Waals surface area contributed by atoms with Crippen LogP contribution < -0.4 is 10.1 Å². The summed E-state index contributed by atoms with van der Waals surface area (Å²) in [6.07, 6.45) is 1.59. The number of nitrogens with one attached hydrogen (secondary N) is 1. The van der Waals surface area contributed by atoms with E-state index in [1.165, 1.54) is 11.8 Å². The van der Waals surface area contributed by atoms with Crippen LogP contribution in [0.4, 0.5) is 0 Å². The van der Waals surface area contributed by atoms with Crippen molar-refractivity contribution in [3.8, 4) is 22.1 Å². The van der Waals surface area contributed by atoms with Gasteiger partial charge in [0, 0.05) is 0 Å². The number of carbonyl (C=O) groups excluding carboxylic acids is 1. The van der Waals surface area contributed by atoms with Gasteiger partial charge in [0.15, 0.2) is 11.0 Å². The van der Waals surface area contributed by atoms with Crippen LogP contribution in [0.2, 0.25) is 0 Å². The first-order chi connectivity index (χ1) is 14.7. The highest BCUT2D eigenvalue weighted by atomic mass is 32.2. The minimum Gasteiger partial charge on any atom is -0.495 e. The molecule has 1 amide bonds. The molecule has 9 heteroatoms. The second kappa shape index (κ2) is 9.19. The summed E-state index contributed by atoms with van der Waals surface area (Å²) >= 11 is 2.90. The van der Waals surface area contributed by atoms with Crippen LogP contribution in [0.15, 0.2) is 69.7 Å². The standard InChI is InChI=1S/C21H20N4O3S2/c1-14(16-9-5-11-28-16)22-19(26)13-30-21-24-23-20(18-10-6-12-29-18)25(21)15-7-3-4-8-17(15)27-2/h3-12,14H,13H2,1-2H3,(H,22,26). The summed E-state index contributed by atoms with van der Waals surface area (Å²) < 4.78 is 12.8. The Bertz CT molecular complexity index is 1110. The molecule has 0 saturated heterocycles. The molecule has 0 radical (unpaired) electrons. The largest absolute Gasteiger partial charge is 0.495 e. The highest BCUT2D eigenvalue weighted by molar-refractivity contribution is 7.99. The number of rotatable bonds is 8. The molecule has 7 nitrogen and oxygen atoms in total. The smallest absolute Gasteiger partial charge is 0.231 e. The van der Waals surface area contributed by atoms with E-state index in [2.05, 4.69) is 15.5 Å². The van der Waals surface area contributed by atoms with E-state index in [1.54, 1.807) is 30.8 Å². The number of hydrogen-bond donors (Lipinski definition) is 1. The van der Waals surface area contributed by atoms with Crippen LogP contribution in [-0.2, 0) is 4.79 Å². The summed E-state index contributed by atoms with van der Waals surface area (Å²) in [6.45, 7) is 1.88. The lowest BCUT2D eigenvalue weighted by Gasteiger charge is -2.14. The molecular weight excluding hydrogens is 420 g/mol. The lowest BCUT2D eigenvalue weighted by molar-refractivity contribution is -0.119. The third-order valence-electron chi connectivity index (χ3n) is 4.38. The van der Waals surface area contributed by atoms with Crippen LogP contribution in [0.5, 0.6) is 5.75 Å². The zero-order chi connectivity index (χ0) is 20.9. The summed E-state index contributed by atoms with van der Waals surface area (Å²) in [6, 6.07) is 15.1. The predicted molar refractivity (Wildman–Crippen MR) is 117 cm³/mol. The maximum Gasteiger partial charge on any atom is 0.231 e. The lowest BCUT2D eigenvalue weighted by atomic mass is 10.2. The number of furan rings is 1. The number of hydrogen-bond acceptors (Lipinski definition) is 7. The molecule has 0 aliphatic heterocycles. The van der Waals surface area contributed by atoms with E-state index < -0.39 is 0 Å². The van der Waals surface area contributed by atoms with E-state index in [1.807, 2.05) is 59.3 Å². The Kier molecular flexibility index (Phi) is 6.20. The molecule has 0 fully saturated rings. The molecule has 30 heavy (non-hydrogen) atoms. The molecule has 0 bridgehead atoms. The Morgan fingerprint density at radius 1 is 1.23 bits per heavy atom. The van der Waals surface area contributed by atoms with Crippen molar-refractivity contribution in [2.24, 2.45) is 0 Å². The van der Waals surface area contributed by atoms with Gasteiger partial charge in [0.05, 0.1) is 35.7 Å². The fraction of sp³-hybridized carbons (Fsp3) is 0.190. The molecule has 154 valence electrons. The summed E-state index contributed by atoms with van der Waals surface area (Å²) in [5.74, 6) is 2.21. The SMILES string of the molecule is COc1ccccc1-n1c(SCC(=O)NC(C)c2ccco2)nnc1-c1cccs1. The van der Waals surface area contributed by atoms with E-state index in [-0.39, 0.29) is 17.7 Å². The van der Waals surface area contributed by atoms with Gasteiger partial charge in [0.2, 0.25) is 5.91 Å². The topological polar surface area (TPSA) is 82.2 Å². The maximum absolute atomic E-state index is 12.5. The number of thiophene rings is 1. The van der Waals surface area contributed by atoms with Gasteiger partial charge in [0.25, 0.3) is 0 Å². The third-order valence-corrected chi connectivity index (χ3v) is 6.18. The van der Waals surface area contributed by atoms with Crippen molar-refractivity contribution in [1.29, 1.82) is 0 Å². The predicted octanol–water partition coefficient (Wildman–Crippen LogP) is 4.57. The zero-order valence-corrected chi connectivity index (χ0v) is 18.1. The van der Waals surface area contributed by atoms with E-state index in [9.17, 15) is 4.79 Å². The molecule has 3 aromatic heterocycles. The number of ether oxygens (including phenoxy) is 1. The van der Waals surface area contributed by atoms with Gasteiger partial charge >= 0.3 is 0 Å². The van der Waals surface area contributed by atoms with E-state index >= 15 is 0 Å². The maximum atomic E-state index is 12.5. The van der Waals surface area contributed by atoms with Crippen molar-refractivity contribution < 1.29 is 13.9 Å². The number of thioether (sulfide) groups is 1.